The van der Waals surface area contributed by atoms with E-state index < -0.39 is 5.82 Å². The van der Waals surface area contributed by atoms with Crippen molar-refractivity contribution in [2.24, 2.45) is 0 Å². The Labute approximate surface area is 198 Å². The first-order valence-corrected chi connectivity index (χ1v) is 11.6. The Morgan fingerprint density at radius 1 is 1.24 bits per heavy atom. The van der Waals surface area contributed by atoms with Gasteiger partial charge in [0.2, 0.25) is 0 Å². The van der Waals surface area contributed by atoms with Crippen molar-refractivity contribution in [3.8, 4) is 11.5 Å². The Morgan fingerprint density at radius 2 is 2.06 bits per heavy atom. The van der Waals surface area contributed by atoms with Gasteiger partial charge in [0.05, 0.1) is 26.7 Å². The number of carbonyl (C=O) groups is 2. The van der Waals surface area contributed by atoms with Gasteiger partial charge in [-0.3, -0.25) is 14.3 Å². The number of carbonyl (C=O) groups excluding carboxylic acids is 2. The van der Waals surface area contributed by atoms with Crippen molar-refractivity contribution >= 4 is 44.4 Å². The van der Waals surface area contributed by atoms with Crippen molar-refractivity contribution < 1.29 is 23.5 Å². The molecule has 4 aromatic rings. The third-order valence-electron chi connectivity index (χ3n) is 6.06. The van der Waals surface area contributed by atoms with Crippen LogP contribution in [0.2, 0.25) is 0 Å². The number of ether oxygens (including phenoxy) is 2. The lowest BCUT2D eigenvalue weighted by molar-refractivity contribution is 0.0728. The third-order valence-corrected chi connectivity index (χ3v) is 7.18. The summed E-state index contributed by atoms with van der Waals surface area (Å²) in [6.45, 7) is 2.93. The highest BCUT2D eigenvalue weighted by Gasteiger charge is 2.28. The molecule has 0 unspecified atom stereocenters. The summed E-state index contributed by atoms with van der Waals surface area (Å²) in [5.74, 6) is -0.209. The molecule has 4 heterocycles. The Balaban J connectivity index is 1.48. The smallest absolute Gasteiger partial charge is 0.325 e. The number of likely N-dealkylation sites (tertiary alicyclic amines) is 1. The van der Waals surface area contributed by atoms with E-state index in [2.05, 4.69) is 10.3 Å². The highest BCUT2D eigenvalue weighted by Crippen LogP contribution is 2.38. The number of thiophene rings is 1. The number of nitrogens with one attached hydrogen (secondary N) is 1. The Hall–Kier alpha value is -3.50. The second-order valence-corrected chi connectivity index (χ2v) is 9.17. The number of pyridine rings is 1. The predicted molar refractivity (Wildman–Crippen MR) is 127 cm³/mol. The number of nitrogens with zero attached hydrogens (tertiary/aromatic N) is 3. The van der Waals surface area contributed by atoms with Gasteiger partial charge in [-0.2, -0.15) is 0 Å². The zero-order valence-electron chi connectivity index (χ0n) is 18.9. The van der Waals surface area contributed by atoms with Gasteiger partial charge >= 0.3 is 6.03 Å². The van der Waals surface area contributed by atoms with Crippen molar-refractivity contribution in [1.82, 2.24) is 19.8 Å². The third kappa shape index (κ3) is 3.68. The molecule has 1 saturated heterocycles. The number of benzene rings is 1. The van der Waals surface area contributed by atoms with Crippen LogP contribution in [0, 0.1) is 12.7 Å². The first-order chi connectivity index (χ1) is 16.4. The number of rotatable bonds is 4. The summed E-state index contributed by atoms with van der Waals surface area (Å²) in [4.78, 5) is 31.8. The van der Waals surface area contributed by atoms with Crippen LogP contribution < -0.4 is 10.1 Å². The predicted octanol–water partition coefficient (Wildman–Crippen LogP) is 4.54. The molecule has 8 nitrogen and oxygen atoms in total. The fraction of sp³-hybridized carbons (Fsp3) is 0.292. The summed E-state index contributed by atoms with van der Waals surface area (Å²) in [5, 5.41) is 2.84. The van der Waals surface area contributed by atoms with Crippen LogP contribution in [-0.4, -0.2) is 59.7 Å². The summed E-state index contributed by atoms with van der Waals surface area (Å²) in [7, 11) is 3.17. The summed E-state index contributed by atoms with van der Waals surface area (Å²) >= 11 is 1.27. The van der Waals surface area contributed by atoms with Gasteiger partial charge in [-0.25, -0.2) is 9.18 Å². The monoisotopic (exact) mass is 482 g/mol. The highest BCUT2D eigenvalue weighted by molar-refractivity contribution is 7.21. The zero-order chi connectivity index (χ0) is 24.0. The van der Waals surface area contributed by atoms with Crippen molar-refractivity contribution in [2.75, 3.05) is 27.2 Å². The minimum Gasteiger partial charge on any atom is -0.453 e. The van der Waals surface area contributed by atoms with Crippen molar-refractivity contribution in [3.63, 3.8) is 0 Å². The van der Waals surface area contributed by atoms with Crippen LogP contribution in [0.5, 0.6) is 11.5 Å². The van der Waals surface area contributed by atoms with Crippen molar-refractivity contribution in [3.05, 3.63) is 52.9 Å². The van der Waals surface area contributed by atoms with Crippen LogP contribution in [-0.2, 0) is 4.74 Å². The zero-order valence-corrected chi connectivity index (χ0v) is 19.7. The van der Waals surface area contributed by atoms with Gasteiger partial charge in [-0.1, -0.05) is 0 Å². The van der Waals surface area contributed by atoms with Crippen LogP contribution in [0.3, 0.4) is 0 Å². The van der Waals surface area contributed by atoms with Crippen molar-refractivity contribution in [1.29, 1.82) is 0 Å². The van der Waals surface area contributed by atoms with E-state index in [9.17, 15) is 9.59 Å². The molecule has 10 heteroatoms. The molecule has 0 radical (unpaired) electrons. The molecule has 5 rings (SSSR count). The van der Waals surface area contributed by atoms with E-state index in [1.165, 1.54) is 29.0 Å². The Kier molecular flexibility index (Phi) is 5.70. The molecule has 1 aliphatic rings. The average Bonchev–Trinajstić information content (AvgIpc) is 3.57. The molecule has 0 bridgehead atoms. The van der Waals surface area contributed by atoms with Crippen LogP contribution >= 0.6 is 11.3 Å². The van der Waals surface area contributed by atoms with E-state index in [0.29, 0.717) is 45.1 Å². The first kappa shape index (κ1) is 22.3. The van der Waals surface area contributed by atoms with Gasteiger partial charge in [0.25, 0.3) is 5.91 Å². The minimum atomic E-state index is -0.566. The number of aromatic nitrogens is 2. The molecular formula is C24H23FN4O4S. The molecular weight excluding hydrogens is 459 g/mol. The number of hydrogen-bond donors (Lipinski definition) is 1. The number of halogens is 1. The number of fused-ring (bicyclic) bond motifs is 2. The Bertz CT molecular complexity index is 1430. The molecule has 1 fully saturated rings. The Morgan fingerprint density at radius 3 is 2.79 bits per heavy atom. The van der Waals surface area contributed by atoms with Gasteiger partial charge in [0.15, 0.2) is 11.6 Å². The standard InChI is InChI=1S/C24H23FN4O4S/c1-13-10-15-17(29(13)24(31)26-2)4-5-18(21(15)25)33-19-6-8-27-16-11-20(34-22(16)19)23(30)28-9-7-14(12-28)32-3/h4-6,8,10-11,14H,7,9,12H2,1-3H3,(H,26,31)/t14-/m1/s1. The molecule has 3 aromatic heterocycles. The van der Waals surface area contributed by atoms with E-state index in [0.717, 1.165) is 6.42 Å². The first-order valence-electron chi connectivity index (χ1n) is 10.8. The van der Waals surface area contributed by atoms with Gasteiger partial charge in [-0.05, 0) is 37.6 Å². The number of hydrogen-bond acceptors (Lipinski definition) is 6. The molecule has 0 saturated carbocycles. The maximum absolute atomic E-state index is 15.4. The van der Waals surface area contributed by atoms with Crippen LogP contribution in [0.4, 0.5) is 9.18 Å². The molecule has 0 spiro atoms. The maximum Gasteiger partial charge on any atom is 0.325 e. The topological polar surface area (TPSA) is 85.7 Å². The number of aryl methyl sites for hydroxylation is 1. The molecule has 176 valence electrons. The van der Waals surface area contributed by atoms with Gasteiger partial charge in [-0.15, -0.1) is 11.3 Å². The number of methoxy groups -OCH3 is 1. The van der Waals surface area contributed by atoms with E-state index in [-0.39, 0.29) is 29.2 Å². The normalized spacial score (nSPS) is 15.9. The maximum atomic E-state index is 15.4. The quantitative estimate of drug-likeness (QED) is 0.462. The van der Waals surface area contributed by atoms with Crippen molar-refractivity contribution in [2.45, 2.75) is 19.4 Å². The molecule has 1 aliphatic heterocycles. The van der Waals surface area contributed by atoms with Crippen LogP contribution in [0.25, 0.3) is 21.1 Å². The molecule has 1 atom stereocenters. The lowest BCUT2D eigenvalue weighted by Gasteiger charge is -2.14. The molecule has 34 heavy (non-hydrogen) atoms. The lowest BCUT2D eigenvalue weighted by Crippen LogP contribution is -2.29. The van der Waals surface area contributed by atoms with E-state index in [1.54, 1.807) is 49.4 Å². The minimum absolute atomic E-state index is 0.0258. The van der Waals surface area contributed by atoms with Crippen LogP contribution in [0.1, 0.15) is 21.8 Å². The van der Waals surface area contributed by atoms with E-state index in [4.69, 9.17) is 9.47 Å². The van der Waals surface area contributed by atoms with Gasteiger partial charge in [0.1, 0.15) is 5.75 Å². The van der Waals surface area contributed by atoms with Gasteiger partial charge < -0.3 is 19.7 Å². The number of amides is 2. The fourth-order valence-corrected chi connectivity index (χ4v) is 5.33. The highest BCUT2D eigenvalue weighted by atomic mass is 32.1. The average molecular weight is 483 g/mol. The SMILES string of the molecule is CNC(=O)n1c(C)cc2c(F)c(Oc3ccnc4cc(C(=O)N5CC[C@@H](OC)C5)sc34)ccc21. The second kappa shape index (κ2) is 8.69. The van der Waals surface area contributed by atoms with E-state index >= 15 is 4.39 Å². The molecule has 0 aliphatic carbocycles. The van der Waals surface area contributed by atoms with E-state index in [1.807, 2.05) is 0 Å². The summed E-state index contributed by atoms with van der Waals surface area (Å²) in [5.41, 5.74) is 1.66. The molecule has 1 N–H and O–H groups in total. The second-order valence-electron chi connectivity index (χ2n) is 8.12. The summed E-state index contributed by atoms with van der Waals surface area (Å²) < 4.78 is 28.8. The van der Waals surface area contributed by atoms with Crippen LogP contribution in [0.15, 0.2) is 36.5 Å². The largest absolute Gasteiger partial charge is 0.453 e. The summed E-state index contributed by atoms with van der Waals surface area (Å²) in [6.07, 6.45) is 2.43. The molecule has 2 amide bonds. The fourth-order valence-electron chi connectivity index (χ4n) is 4.30. The van der Waals surface area contributed by atoms with Gasteiger partial charge in [0, 0.05) is 50.6 Å². The molecule has 1 aromatic carbocycles. The lowest BCUT2D eigenvalue weighted by atomic mass is 10.2. The summed E-state index contributed by atoms with van der Waals surface area (Å²) in [6, 6.07) is 7.80.